The summed E-state index contributed by atoms with van der Waals surface area (Å²) in [6.45, 7) is 6.97. The highest BCUT2D eigenvalue weighted by molar-refractivity contribution is 7.12. The van der Waals surface area contributed by atoms with Gasteiger partial charge in [-0.25, -0.2) is 0 Å². The van der Waals surface area contributed by atoms with Gasteiger partial charge in [0.05, 0.1) is 0 Å². The van der Waals surface area contributed by atoms with Crippen LogP contribution in [-0.2, 0) is 0 Å². The molecule has 0 unspecified atom stereocenters. The van der Waals surface area contributed by atoms with Crippen LogP contribution < -0.4 is 0 Å². The minimum Gasteiger partial charge on any atom is -0.0657 e. The second-order valence-corrected chi connectivity index (χ2v) is 9.27. The summed E-state index contributed by atoms with van der Waals surface area (Å²) < 4.78 is 0. The van der Waals surface area contributed by atoms with Crippen LogP contribution in [0.15, 0.2) is 0 Å². The molecule has 0 aromatic heterocycles. The minimum absolute atomic E-state index is 0.119. The molecule has 0 amide bonds. The Labute approximate surface area is 76.0 Å². The van der Waals surface area contributed by atoms with Gasteiger partial charge in [-0.15, -0.1) is 0 Å². The third-order valence-electron chi connectivity index (χ3n) is 1.73. The SMILES string of the molecule is CCC[Si][Si](CCC)CCC. The van der Waals surface area contributed by atoms with Gasteiger partial charge in [-0.2, -0.15) is 0 Å². The predicted octanol–water partition coefficient (Wildman–Crippen LogP) is 3.33. The fourth-order valence-electron chi connectivity index (χ4n) is 1.21. The van der Waals surface area contributed by atoms with Crippen LogP contribution in [0.25, 0.3) is 0 Å². The summed E-state index contributed by atoms with van der Waals surface area (Å²) in [4.78, 5) is 0. The smallest absolute Gasteiger partial charge is 0.0343 e. The van der Waals surface area contributed by atoms with Crippen molar-refractivity contribution >= 4 is 17.4 Å². The van der Waals surface area contributed by atoms with E-state index in [0.717, 1.165) is 0 Å². The van der Waals surface area contributed by atoms with Crippen LogP contribution in [0.2, 0.25) is 18.1 Å². The lowest BCUT2D eigenvalue weighted by Gasteiger charge is -2.10. The molecule has 0 fully saturated rings. The quantitative estimate of drug-likeness (QED) is 0.534. The van der Waals surface area contributed by atoms with Crippen LogP contribution in [-0.4, -0.2) is 17.4 Å². The molecule has 0 aliphatic carbocycles. The zero-order valence-corrected chi connectivity index (χ0v) is 10.2. The largest absolute Gasteiger partial charge is 0.0657 e. The highest BCUT2D eigenvalue weighted by atomic mass is 29.2. The summed E-state index contributed by atoms with van der Waals surface area (Å²) in [7, 11) is 1.46. The van der Waals surface area contributed by atoms with E-state index >= 15 is 0 Å². The molecule has 2 heteroatoms. The van der Waals surface area contributed by atoms with Gasteiger partial charge in [0, 0.05) is 17.4 Å². The molecule has 0 rings (SSSR count). The van der Waals surface area contributed by atoms with E-state index in [-0.39, 0.29) is 8.31 Å². The Morgan fingerprint density at radius 1 is 0.909 bits per heavy atom. The highest BCUT2D eigenvalue weighted by Crippen LogP contribution is 2.06. The number of hydrogen-bond acceptors (Lipinski definition) is 0. The van der Waals surface area contributed by atoms with Crippen molar-refractivity contribution in [2.45, 2.75) is 58.2 Å². The van der Waals surface area contributed by atoms with Crippen LogP contribution in [0.5, 0.6) is 0 Å². The Hall–Kier alpha value is 0.434. The molecule has 0 spiro atoms. The average molecular weight is 185 g/mol. The van der Waals surface area contributed by atoms with Crippen LogP contribution >= 0.6 is 0 Å². The third kappa shape index (κ3) is 6.82. The number of hydrogen-bond donors (Lipinski definition) is 0. The molecule has 0 aromatic carbocycles. The Morgan fingerprint density at radius 2 is 1.45 bits per heavy atom. The van der Waals surface area contributed by atoms with Gasteiger partial charge in [-0.3, -0.25) is 0 Å². The van der Waals surface area contributed by atoms with Gasteiger partial charge < -0.3 is 0 Å². The van der Waals surface area contributed by atoms with E-state index in [1.165, 1.54) is 34.3 Å². The van der Waals surface area contributed by atoms with E-state index in [4.69, 9.17) is 0 Å². The first kappa shape index (κ1) is 11.4. The summed E-state index contributed by atoms with van der Waals surface area (Å²) in [5.74, 6) is 0. The van der Waals surface area contributed by atoms with Crippen molar-refractivity contribution in [1.29, 1.82) is 0 Å². The van der Waals surface area contributed by atoms with Crippen molar-refractivity contribution in [3.05, 3.63) is 0 Å². The van der Waals surface area contributed by atoms with E-state index in [1.54, 1.807) is 12.1 Å². The summed E-state index contributed by atoms with van der Waals surface area (Å²) in [5.41, 5.74) is 0. The monoisotopic (exact) mass is 185 g/mol. The second kappa shape index (κ2) is 8.53. The van der Waals surface area contributed by atoms with E-state index in [9.17, 15) is 0 Å². The van der Waals surface area contributed by atoms with Gasteiger partial charge in [0.2, 0.25) is 0 Å². The Kier molecular flexibility index (Phi) is 8.87. The van der Waals surface area contributed by atoms with Crippen molar-refractivity contribution in [1.82, 2.24) is 0 Å². The molecule has 0 saturated carbocycles. The Morgan fingerprint density at radius 3 is 1.82 bits per heavy atom. The normalized spacial score (nSPS) is 10.9. The van der Waals surface area contributed by atoms with Gasteiger partial charge in [-0.05, 0) is 0 Å². The van der Waals surface area contributed by atoms with E-state index in [2.05, 4.69) is 20.8 Å². The first-order chi connectivity index (χ1) is 5.35. The maximum absolute atomic E-state index is 2.33. The number of rotatable bonds is 7. The molecule has 0 aliphatic heterocycles. The average Bonchev–Trinajstić information content (AvgIpc) is 2.01. The van der Waals surface area contributed by atoms with Crippen molar-refractivity contribution in [3.8, 4) is 0 Å². The van der Waals surface area contributed by atoms with Crippen LogP contribution in [0.1, 0.15) is 40.0 Å². The topological polar surface area (TPSA) is 0 Å². The van der Waals surface area contributed by atoms with Crippen molar-refractivity contribution in [3.63, 3.8) is 0 Å². The molecule has 0 aliphatic rings. The van der Waals surface area contributed by atoms with Crippen molar-refractivity contribution in [2.75, 3.05) is 0 Å². The summed E-state index contributed by atoms with van der Waals surface area (Å²) in [6.07, 6.45) is 4.25. The van der Waals surface area contributed by atoms with E-state index in [0.29, 0.717) is 0 Å². The molecule has 11 heavy (non-hydrogen) atoms. The summed E-state index contributed by atoms with van der Waals surface area (Å²) in [5, 5.41) is 0. The zero-order chi connectivity index (χ0) is 8.53. The second-order valence-electron chi connectivity index (χ2n) is 3.03. The van der Waals surface area contributed by atoms with E-state index in [1.807, 2.05) is 0 Å². The van der Waals surface area contributed by atoms with Gasteiger partial charge in [0.25, 0.3) is 0 Å². The molecule has 0 atom stereocenters. The van der Waals surface area contributed by atoms with Crippen LogP contribution in [0.3, 0.4) is 0 Å². The first-order valence-electron chi connectivity index (χ1n) is 4.93. The molecular weight excluding hydrogens is 164 g/mol. The van der Waals surface area contributed by atoms with Gasteiger partial charge in [0.1, 0.15) is 0 Å². The summed E-state index contributed by atoms with van der Waals surface area (Å²) in [6, 6.07) is 4.64. The standard InChI is InChI=1S/C9H21Si2/c1-4-7-10-11(8-5-2)9-6-3/h4-9H2,1-3H3. The highest BCUT2D eigenvalue weighted by Gasteiger charge is 2.07. The Bertz CT molecular complexity index is 68.0. The molecule has 0 nitrogen and oxygen atoms in total. The van der Waals surface area contributed by atoms with Gasteiger partial charge >= 0.3 is 0 Å². The minimum atomic E-state index is 0.119. The lowest BCUT2D eigenvalue weighted by molar-refractivity contribution is 1.01. The molecule has 3 radical (unpaired) electrons. The lowest BCUT2D eigenvalue weighted by atomic mass is 10.6. The van der Waals surface area contributed by atoms with Crippen LogP contribution in [0.4, 0.5) is 0 Å². The third-order valence-corrected chi connectivity index (χ3v) is 8.94. The molecule has 0 heterocycles. The zero-order valence-electron chi connectivity index (χ0n) is 8.24. The first-order valence-corrected chi connectivity index (χ1v) is 9.05. The lowest BCUT2D eigenvalue weighted by Crippen LogP contribution is -2.20. The maximum atomic E-state index is 2.33. The van der Waals surface area contributed by atoms with E-state index < -0.39 is 0 Å². The molecule has 0 bridgehead atoms. The fraction of sp³-hybridized carbons (Fsp3) is 1.00. The van der Waals surface area contributed by atoms with Crippen molar-refractivity contribution < 1.29 is 0 Å². The molecule has 0 aromatic rings. The maximum Gasteiger partial charge on any atom is 0.0343 e. The predicted molar refractivity (Wildman–Crippen MR) is 56.8 cm³/mol. The molecule has 65 valence electrons. The van der Waals surface area contributed by atoms with Crippen molar-refractivity contribution in [2.24, 2.45) is 0 Å². The molecule has 0 saturated heterocycles. The van der Waals surface area contributed by atoms with Gasteiger partial charge in [-0.1, -0.05) is 58.2 Å². The molecular formula is C9H21Si2. The van der Waals surface area contributed by atoms with Crippen LogP contribution in [0, 0.1) is 0 Å². The Balaban J connectivity index is 3.34. The summed E-state index contributed by atoms with van der Waals surface area (Å²) >= 11 is 0. The van der Waals surface area contributed by atoms with Gasteiger partial charge in [0.15, 0.2) is 0 Å². The fourth-order valence-corrected chi connectivity index (χ4v) is 7.99. The molecule has 0 N–H and O–H groups in total.